The molecule has 0 unspecified atom stereocenters. The van der Waals surface area contributed by atoms with Crippen LogP contribution in [0.1, 0.15) is 5.56 Å². The van der Waals surface area contributed by atoms with Crippen molar-refractivity contribution in [2.45, 2.75) is 11.5 Å². The maximum atomic E-state index is 13.0. The van der Waals surface area contributed by atoms with E-state index in [0.717, 1.165) is 0 Å². The Bertz CT molecular complexity index is 715. The number of ether oxygens (including phenoxy) is 1. The minimum absolute atomic E-state index is 0.00339. The van der Waals surface area contributed by atoms with Gasteiger partial charge in [0.05, 0.1) is 9.92 Å². The third-order valence-corrected chi connectivity index (χ3v) is 4.15. The Balaban J connectivity index is 2.06. The first-order valence-corrected chi connectivity index (χ1v) is 8.16. The van der Waals surface area contributed by atoms with Crippen LogP contribution in [0.15, 0.2) is 47.4 Å². The summed E-state index contributed by atoms with van der Waals surface area (Å²) < 4.78 is 40.5. The highest BCUT2D eigenvalue weighted by Gasteiger charge is 2.09. The van der Waals surface area contributed by atoms with Gasteiger partial charge in [0.25, 0.3) is 9.05 Å². The quantitative estimate of drug-likeness (QED) is 0.794. The van der Waals surface area contributed by atoms with Crippen LogP contribution >= 0.6 is 22.3 Å². The van der Waals surface area contributed by atoms with E-state index in [-0.39, 0.29) is 16.5 Å². The average molecular weight is 335 g/mol. The molecular formula is C13H9Cl2FO3S. The lowest BCUT2D eigenvalue weighted by atomic mass is 10.2. The van der Waals surface area contributed by atoms with E-state index in [4.69, 9.17) is 27.0 Å². The summed E-state index contributed by atoms with van der Waals surface area (Å²) in [4.78, 5) is -0.00339. The maximum Gasteiger partial charge on any atom is 0.261 e. The van der Waals surface area contributed by atoms with Gasteiger partial charge in [-0.25, -0.2) is 12.8 Å². The third-order valence-electron chi connectivity index (χ3n) is 2.49. The zero-order valence-corrected chi connectivity index (χ0v) is 12.3. The molecule has 0 saturated heterocycles. The van der Waals surface area contributed by atoms with Crippen LogP contribution in [0.25, 0.3) is 0 Å². The Morgan fingerprint density at radius 1 is 1.10 bits per heavy atom. The van der Waals surface area contributed by atoms with Crippen molar-refractivity contribution in [3.63, 3.8) is 0 Å². The van der Waals surface area contributed by atoms with E-state index in [1.165, 1.54) is 36.4 Å². The van der Waals surface area contributed by atoms with Gasteiger partial charge in [0.15, 0.2) is 0 Å². The van der Waals surface area contributed by atoms with Gasteiger partial charge >= 0.3 is 0 Å². The van der Waals surface area contributed by atoms with E-state index >= 15 is 0 Å². The van der Waals surface area contributed by atoms with Crippen LogP contribution in [0.3, 0.4) is 0 Å². The second-order valence-corrected chi connectivity index (χ2v) is 6.92. The fourth-order valence-electron chi connectivity index (χ4n) is 1.49. The topological polar surface area (TPSA) is 43.4 Å². The van der Waals surface area contributed by atoms with Gasteiger partial charge in [-0.2, -0.15) is 0 Å². The van der Waals surface area contributed by atoms with Crippen LogP contribution in [0, 0.1) is 5.82 Å². The third kappa shape index (κ3) is 3.85. The second-order valence-electron chi connectivity index (χ2n) is 3.95. The fourth-order valence-corrected chi connectivity index (χ4v) is 2.47. The van der Waals surface area contributed by atoms with Gasteiger partial charge in [-0.1, -0.05) is 17.7 Å². The molecule has 0 radical (unpaired) electrons. The molecule has 0 aliphatic rings. The van der Waals surface area contributed by atoms with Crippen molar-refractivity contribution < 1.29 is 17.5 Å². The van der Waals surface area contributed by atoms with E-state index in [1.54, 1.807) is 6.07 Å². The molecule has 0 aliphatic carbocycles. The van der Waals surface area contributed by atoms with Crippen molar-refractivity contribution in [1.29, 1.82) is 0 Å². The molecule has 0 aliphatic heterocycles. The molecule has 0 amide bonds. The Morgan fingerprint density at radius 3 is 2.30 bits per heavy atom. The van der Waals surface area contributed by atoms with Crippen molar-refractivity contribution in [3.8, 4) is 5.75 Å². The molecule has 20 heavy (non-hydrogen) atoms. The number of benzene rings is 2. The Hall–Kier alpha value is -1.30. The molecule has 0 heterocycles. The number of halogens is 3. The summed E-state index contributed by atoms with van der Waals surface area (Å²) >= 11 is 5.65. The van der Waals surface area contributed by atoms with E-state index in [0.29, 0.717) is 11.3 Å². The summed E-state index contributed by atoms with van der Waals surface area (Å²) in [5, 5.41) is 0.0229. The zero-order valence-electron chi connectivity index (χ0n) is 10.0. The van der Waals surface area contributed by atoms with Crippen molar-refractivity contribution in [2.75, 3.05) is 0 Å². The predicted molar refractivity (Wildman–Crippen MR) is 75.2 cm³/mol. The number of rotatable bonds is 4. The lowest BCUT2D eigenvalue weighted by Gasteiger charge is -2.07. The molecule has 0 atom stereocenters. The summed E-state index contributed by atoms with van der Waals surface area (Å²) in [6.07, 6.45) is 0. The average Bonchev–Trinajstić information content (AvgIpc) is 2.40. The largest absolute Gasteiger partial charge is 0.489 e. The van der Waals surface area contributed by atoms with Crippen LogP contribution in [0.4, 0.5) is 4.39 Å². The first-order chi connectivity index (χ1) is 9.36. The smallest absolute Gasteiger partial charge is 0.261 e. The minimum Gasteiger partial charge on any atom is -0.489 e. The Morgan fingerprint density at radius 2 is 1.75 bits per heavy atom. The highest BCUT2D eigenvalue weighted by atomic mass is 35.7. The van der Waals surface area contributed by atoms with Crippen LogP contribution in [0.5, 0.6) is 5.75 Å². The first-order valence-electron chi connectivity index (χ1n) is 5.48. The van der Waals surface area contributed by atoms with Gasteiger partial charge in [-0.15, -0.1) is 0 Å². The standard InChI is InChI=1S/C13H9Cl2FO3S/c14-12-7-9(1-6-13(12)16)8-19-10-2-4-11(5-3-10)20(15,17)18/h1-7H,8H2. The van der Waals surface area contributed by atoms with Crippen LogP contribution in [-0.4, -0.2) is 8.42 Å². The summed E-state index contributed by atoms with van der Waals surface area (Å²) in [5.41, 5.74) is 0.699. The van der Waals surface area contributed by atoms with Crippen molar-refractivity contribution in [1.82, 2.24) is 0 Å². The number of hydrogen-bond donors (Lipinski definition) is 0. The van der Waals surface area contributed by atoms with Gasteiger partial charge in [-0.05, 0) is 42.0 Å². The SMILES string of the molecule is O=S(=O)(Cl)c1ccc(OCc2ccc(F)c(Cl)c2)cc1. The maximum absolute atomic E-state index is 13.0. The molecule has 0 saturated carbocycles. The molecule has 0 aromatic heterocycles. The van der Waals surface area contributed by atoms with Crippen molar-refractivity contribution >= 4 is 31.3 Å². The molecule has 0 spiro atoms. The summed E-state index contributed by atoms with van der Waals surface area (Å²) in [6.45, 7) is 0.187. The molecule has 106 valence electrons. The lowest BCUT2D eigenvalue weighted by molar-refractivity contribution is 0.306. The molecule has 0 N–H and O–H groups in total. The summed E-state index contributed by atoms with van der Waals surface area (Å²) in [5.74, 6) is -0.0263. The molecule has 2 aromatic rings. The van der Waals surface area contributed by atoms with Gasteiger partial charge < -0.3 is 4.74 Å². The van der Waals surface area contributed by atoms with E-state index < -0.39 is 14.9 Å². The molecular weight excluding hydrogens is 326 g/mol. The molecule has 7 heteroatoms. The highest BCUT2D eigenvalue weighted by molar-refractivity contribution is 8.13. The van der Waals surface area contributed by atoms with E-state index in [1.807, 2.05) is 0 Å². The van der Waals surface area contributed by atoms with Crippen molar-refractivity contribution in [2.24, 2.45) is 0 Å². The summed E-state index contributed by atoms with van der Waals surface area (Å²) in [6, 6.07) is 9.93. The lowest BCUT2D eigenvalue weighted by Crippen LogP contribution is -1.97. The van der Waals surface area contributed by atoms with E-state index in [2.05, 4.69) is 0 Å². The van der Waals surface area contributed by atoms with Gasteiger partial charge in [0.2, 0.25) is 0 Å². The normalized spacial score (nSPS) is 11.3. The van der Waals surface area contributed by atoms with Gasteiger partial charge in [-0.3, -0.25) is 0 Å². The van der Waals surface area contributed by atoms with Crippen LogP contribution in [-0.2, 0) is 15.7 Å². The Labute approximate surface area is 125 Å². The van der Waals surface area contributed by atoms with Gasteiger partial charge in [0, 0.05) is 10.7 Å². The van der Waals surface area contributed by atoms with Gasteiger partial charge in [0.1, 0.15) is 18.2 Å². The predicted octanol–water partition coefficient (Wildman–Crippen LogP) is 3.99. The first kappa shape index (κ1) is 15.1. The van der Waals surface area contributed by atoms with Crippen molar-refractivity contribution in [3.05, 3.63) is 58.9 Å². The van der Waals surface area contributed by atoms with Crippen LogP contribution < -0.4 is 4.74 Å². The minimum atomic E-state index is -3.74. The Kier molecular flexibility index (Phi) is 4.52. The monoisotopic (exact) mass is 334 g/mol. The molecule has 0 bridgehead atoms. The molecule has 2 aromatic carbocycles. The number of hydrogen-bond acceptors (Lipinski definition) is 3. The van der Waals surface area contributed by atoms with Crippen LogP contribution in [0.2, 0.25) is 5.02 Å². The molecule has 0 fully saturated rings. The zero-order chi connectivity index (χ0) is 14.8. The second kappa shape index (κ2) is 5.99. The molecule has 2 rings (SSSR count). The highest BCUT2D eigenvalue weighted by Crippen LogP contribution is 2.21. The molecule has 3 nitrogen and oxygen atoms in total. The van der Waals surface area contributed by atoms with E-state index in [9.17, 15) is 12.8 Å². The fraction of sp³-hybridized carbons (Fsp3) is 0.0769. The summed E-state index contributed by atoms with van der Waals surface area (Å²) in [7, 11) is 1.46.